The van der Waals surface area contributed by atoms with Gasteiger partial charge in [0.05, 0.1) is 12.1 Å². The number of halogens is 7. The number of Topliss-reactive ketones (excluding diaryl/α,β-unsaturated/α-hetero) is 1. The van der Waals surface area contributed by atoms with E-state index in [4.69, 9.17) is 5.41 Å². The summed E-state index contributed by atoms with van der Waals surface area (Å²) in [5.41, 5.74) is -2.47. The highest BCUT2D eigenvalue weighted by molar-refractivity contribution is 6.11. The van der Waals surface area contributed by atoms with E-state index in [0.29, 0.717) is 0 Å². The fourth-order valence-electron chi connectivity index (χ4n) is 1.37. The third kappa shape index (κ3) is 3.22. The van der Waals surface area contributed by atoms with Crippen LogP contribution >= 0.6 is 0 Å². The lowest BCUT2D eigenvalue weighted by Crippen LogP contribution is -2.56. The number of alkyl halides is 7. The van der Waals surface area contributed by atoms with Crippen molar-refractivity contribution in [3.8, 4) is 0 Å². The van der Waals surface area contributed by atoms with Crippen LogP contribution in [-0.4, -0.2) is 29.5 Å². The number of hydrogen-bond acceptors (Lipinski definition) is 2. The monoisotopic (exact) mass is 315 g/mol. The minimum Gasteiger partial charge on any atom is -0.303 e. The average molecular weight is 315 g/mol. The van der Waals surface area contributed by atoms with Gasteiger partial charge in [-0.05, 0) is 0 Å². The molecule has 1 aromatic carbocycles. The Bertz CT molecular complexity index is 536. The molecule has 0 bridgehead atoms. The van der Waals surface area contributed by atoms with Crippen molar-refractivity contribution in [2.45, 2.75) is 24.4 Å². The molecule has 0 heterocycles. The van der Waals surface area contributed by atoms with Crippen LogP contribution in [0.15, 0.2) is 30.3 Å². The quantitative estimate of drug-likeness (QED) is 0.496. The number of benzene rings is 1. The molecular weight excluding hydrogens is 307 g/mol. The zero-order chi connectivity index (χ0) is 16.5. The normalized spacial score (nSPS) is 13.1. The number of rotatable bonds is 5. The van der Waals surface area contributed by atoms with Crippen molar-refractivity contribution in [1.82, 2.24) is 0 Å². The van der Waals surface area contributed by atoms with E-state index in [2.05, 4.69) is 0 Å². The highest BCUT2D eigenvalue weighted by Gasteiger charge is 2.74. The summed E-state index contributed by atoms with van der Waals surface area (Å²) >= 11 is 0. The zero-order valence-electron chi connectivity index (χ0n) is 10.1. The first-order valence-electron chi connectivity index (χ1n) is 5.39. The second-order valence-electron chi connectivity index (χ2n) is 4.09. The van der Waals surface area contributed by atoms with E-state index >= 15 is 0 Å². The van der Waals surface area contributed by atoms with Gasteiger partial charge in [-0.25, -0.2) is 0 Å². The van der Waals surface area contributed by atoms with Crippen LogP contribution in [0.4, 0.5) is 30.7 Å². The topological polar surface area (TPSA) is 40.9 Å². The Morgan fingerprint density at radius 2 is 1.43 bits per heavy atom. The van der Waals surface area contributed by atoms with E-state index in [1.165, 1.54) is 18.2 Å². The van der Waals surface area contributed by atoms with Gasteiger partial charge in [-0.1, -0.05) is 30.3 Å². The van der Waals surface area contributed by atoms with Gasteiger partial charge in [0.1, 0.15) is 0 Å². The summed E-state index contributed by atoms with van der Waals surface area (Å²) < 4.78 is 87.4. The second kappa shape index (κ2) is 5.45. The first-order chi connectivity index (χ1) is 9.41. The van der Waals surface area contributed by atoms with Crippen LogP contribution < -0.4 is 0 Å². The Hall–Kier alpha value is -1.93. The molecule has 0 aliphatic rings. The van der Waals surface area contributed by atoms with Gasteiger partial charge in [0.2, 0.25) is 0 Å². The largest absolute Gasteiger partial charge is 0.460 e. The van der Waals surface area contributed by atoms with E-state index < -0.39 is 35.9 Å². The van der Waals surface area contributed by atoms with Crippen LogP contribution in [0.25, 0.3) is 0 Å². The van der Waals surface area contributed by atoms with E-state index in [9.17, 15) is 35.5 Å². The predicted molar refractivity (Wildman–Crippen MR) is 59.1 cm³/mol. The van der Waals surface area contributed by atoms with Gasteiger partial charge >= 0.3 is 18.0 Å². The summed E-state index contributed by atoms with van der Waals surface area (Å²) in [7, 11) is 0. The van der Waals surface area contributed by atoms with Gasteiger partial charge < -0.3 is 5.41 Å². The minimum atomic E-state index is -6.53. The first kappa shape index (κ1) is 17.1. The summed E-state index contributed by atoms with van der Waals surface area (Å²) in [5.74, 6) is -13.4. The maximum Gasteiger partial charge on any atom is 0.460 e. The van der Waals surface area contributed by atoms with Crippen molar-refractivity contribution >= 4 is 11.5 Å². The van der Waals surface area contributed by atoms with Gasteiger partial charge in [-0.15, -0.1) is 0 Å². The number of nitrogens with one attached hydrogen (secondary N) is 1. The van der Waals surface area contributed by atoms with Crippen LogP contribution in [0.3, 0.4) is 0 Å². The van der Waals surface area contributed by atoms with Crippen LogP contribution in [-0.2, 0) is 0 Å². The molecule has 1 aromatic rings. The highest BCUT2D eigenvalue weighted by atomic mass is 19.4. The average Bonchev–Trinajstić information content (AvgIpc) is 2.38. The molecule has 0 radical (unpaired) electrons. The molecule has 0 aliphatic heterocycles. The summed E-state index contributed by atoms with van der Waals surface area (Å²) in [6.07, 6.45) is -8.07. The SMILES string of the molecule is N=C(CC(=O)c1ccccc1)C(F)(F)C(F)(F)C(F)(F)F. The lowest BCUT2D eigenvalue weighted by molar-refractivity contribution is -0.336. The fraction of sp³-hybridized carbons (Fsp3) is 0.333. The molecule has 21 heavy (non-hydrogen) atoms. The van der Waals surface area contributed by atoms with E-state index in [-0.39, 0.29) is 5.56 Å². The Kier molecular flexibility index (Phi) is 4.45. The van der Waals surface area contributed by atoms with Crippen molar-refractivity contribution in [3.63, 3.8) is 0 Å². The molecule has 0 saturated carbocycles. The summed E-state index contributed by atoms with van der Waals surface area (Å²) in [6, 6.07) is 6.50. The van der Waals surface area contributed by atoms with Crippen LogP contribution in [0.2, 0.25) is 0 Å². The number of carbonyl (C=O) groups is 1. The van der Waals surface area contributed by atoms with Crippen molar-refractivity contribution in [3.05, 3.63) is 35.9 Å². The maximum atomic E-state index is 13.1. The molecule has 0 amide bonds. The van der Waals surface area contributed by atoms with Gasteiger partial charge in [0.15, 0.2) is 5.78 Å². The molecule has 0 saturated heterocycles. The molecule has 1 N–H and O–H groups in total. The van der Waals surface area contributed by atoms with Crippen LogP contribution in [0.1, 0.15) is 16.8 Å². The zero-order valence-corrected chi connectivity index (χ0v) is 10.1. The van der Waals surface area contributed by atoms with Crippen LogP contribution in [0.5, 0.6) is 0 Å². The molecular formula is C12H8F7NO. The number of hydrogen-bond donors (Lipinski definition) is 1. The Labute approximate surface area is 114 Å². The van der Waals surface area contributed by atoms with Gasteiger partial charge in [0, 0.05) is 5.56 Å². The molecule has 0 unspecified atom stereocenters. The first-order valence-corrected chi connectivity index (χ1v) is 5.39. The molecule has 0 aliphatic carbocycles. The van der Waals surface area contributed by atoms with Crippen molar-refractivity contribution in [1.29, 1.82) is 5.41 Å². The predicted octanol–water partition coefficient (Wildman–Crippen LogP) is 4.11. The minimum absolute atomic E-state index is 0.173. The van der Waals surface area contributed by atoms with E-state index in [1.807, 2.05) is 0 Å². The summed E-state index contributed by atoms with van der Waals surface area (Å²) in [6.45, 7) is 0. The third-order valence-electron chi connectivity index (χ3n) is 2.56. The summed E-state index contributed by atoms with van der Waals surface area (Å²) in [5, 5.41) is 6.76. The van der Waals surface area contributed by atoms with Gasteiger partial charge in [-0.2, -0.15) is 30.7 Å². The smallest absolute Gasteiger partial charge is 0.303 e. The molecule has 0 atom stereocenters. The lowest BCUT2D eigenvalue weighted by Gasteiger charge is -2.28. The van der Waals surface area contributed by atoms with Crippen molar-refractivity contribution in [2.24, 2.45) is 0 Å². The Morgan fingerprint density at radius 1 is 0.952 bits per heavy atom. The van der Waals surface area contributed by atoms with E-state index in [1.54, 1.807) is 0 Å². The van der Waals surface area contributed by atoms with Gasteiger partial charge in [0.25, 0.3) is 0 Å². The number of ketones is 1. The second-order valence-corrected chi connectivity index (χ2v) is 4.09. The molecule has 0 aromatic heterocycles. The van der Waals surface area contributed by atoms with E-state index in [0.717, 1.165) is 12.1 Å². The standard InChI is InChI=1S/C12H8F7NO/c13-10(14,11(15,16)12(17,18)19)9(20)6-8(21)7-4-2-1-3-5-7/h1-5,20H,6H2. The van der Waals surface area contributed by atoms with Crippen molar-refractivity contribution in [2.75, 3.05) is 0 Å². The summed E-state index contributed by atoms with van der Waals surface area (Å²) in [4.78, 5) is 11.5. The molecule has 1 rings (SSSR count). The van der Waals surface area contributed by atoms with Gasteiger partial charge in [-0.3, -0.25) is 4.79 Å². The lowest BCUT2D eigenvalue weighted by atomic mass is 9.98. The number of carbonyl (C=O) groups excluding carboxylic acids is 1. The van der Waals surface area contributed by atoms with Crippen LogP contribution in [0, 0.1) is 5.41 Å². The Morgan fingerprint density at radius 3 is 1.86 bits per heavy atom. The molecule has 116 valence electrons. The molecule has 0 fully saturated rings. The molecule has 2 nitrogen and oxygen atoms in total. The van der Waals surface area contributed by atoms with Crippen molar-refractivity contribution < 1.29 is 35.5 Å². The maximum absolute atomic E-state index is 13.1. The molecule has 0 spiro atoms. The molecule has 9 heteroatoms. The fourth-order valence-corrected chi connectivity index (χ4v) is 1.37. The highest BCUT2D eigenvalue weighted by Crippen LogP contribution is 2.47. The Balaban J connectivity index is 2.96. The third-order valence-corrected chi connectivity index (χ3v) is 2.56.